The summed E-state index contributed by atoms with van der Waals surface area (Å²) >= 11 is 0. The lowest BCUT2D eigenvalue weighted by Gasteiger charge is -2.38. The standard InChI is InChI=1S/C18H25NO5/c1-18(2,3)24-17(21)19-10-14(11-19)15(20)12-6-8-13(9-7-12)16(22-4)23-5/h6-9,14,16H,10-11H2,1-5H3. The van der Waals surface area contributed by atoms with Crippen molar-refractivity contribution >= 4 is 11.9 Å². The van der Waals surface area contributed by atoms with Gasteiger partial charge in [0, 0.05) is 38.4 Å². The topological polar surface area (TPSA) is 65.1 Å². The highest BCUT2D eigenvalue weighted by Crippen LogP contribution is 2.24. The lowest BCUT2D eigenvalue weighted by molar-refractivity contribution is -0.106. The number of rotatable bonds is 5. The number of hydrogen-bond donors (Lipinski definition) is 0. The number of benzene rings is 1. The average Bonchev–Trinajstić information content (AvgIpc) is 2.45. The lowest BCUT2D eigenvalue weighted by atomic mass is 9.90. The zero-order chi connectivity index (χ0) is 17.9. The highest BCUT2D eigenvalue weighted by molar-refractivity contribution is 5.99. The van der Waals surface area contributed by atoms with Crippen molar-refractivity contribution < 1.29 is 23.8 Å². The van der Waals surface area contributed by atoms with Crippen molar-refractivity contribution in [2.45, 2.75) is 32.7 Å². The summed E-state index contributed by atoms with van der Waals surface area (Å²) in [7, 11) is 3.12. The van der Waals surface area contributed by atoms with Gasteiger partial charge < -0.3 is 19.1 Å². The van der Waals surface area contributed by atoms with Crippen LogP contribution in [0.3, 0.4) is 0 Å². The number of carbonyl (C=O) groups excluding carboxylic acids is 2. The van der Waals surface area contributed by atoms with Crippen LogP contribution in [0.2, 0.25) is 0 Å². The number of nitrogens with zero attached hydrogens (tertiary/aromatic N) is 1. The van der Waals surface area contributed by atoms with E-state index in [9.17, 15) is 9.59 Å². The maximum Gasteiger partial charge on any atom is 0.410 e. The zero-order valence-corrected chi connectivity index (χ0v) is 14.9. The molecule has 0 radical (unpaired) electrons. The highest BCUT2D eigenvalue weighted by Gasteiger charge is 2.38. The van der Waals surface area contributed by atoms with E-state index in [1.807, 2.05) is 32.9 Å². The Balaban J connectivity index is 1.91. The van der Waals surface area contributed by atoms with E-state index in [-0.39, 0.29) is 17.8 Å². The third-order valence-corrected chi connectivity index (χ3v) is 3.80. The molecule has 1 aromatic carbocycles. The minimum absolute atomic E-state index is 0.0349. The van der Waals surface area contributed by atoms with E-state index in [0.717, 1.165) is 5.56 Å². The average molecular weight is 335 g/mol. The smallest absolute Gasteiger partial charge is 0.410 e. The summed E-state index contributed by atoms with van der Waals surface area (Å²) in [5.74, 6) is -0.142. The fourth-order valence-electron chi connectivity index (χ4n) is 2.53. The number of methoxy groups -OCH3 is 2. The van der Waals surface area contributed by atoms with Crippen LogP contribution in [0.25, 0.3) is 0 Å². The summed E-state index contributed by atoms with van der Waals surface area (Å²) in [6.07, 6.45) is -0.814. The number of ketones is 1. The summed E-state index contributed by atoms with van der Waals surface area (Å²) < 4.78 is 15.7. The Hall–Kier alpha value is -1.92. The summed E-state index contributed by atoms with van der Waals surface area (Å²) in [5, 5.41) is 0. The number of likely N-dealkylation sites (tertiary alicyclic amines) is 1. The fraction of sp³-hybridized carbons (Fsp3) is 0.556. The van der Waals surface area contributed by atoms with E-state index in [4.69, 9.17) is 14.2 Å². The third kappa shape index (κ3) is 4.33. The van der Waals surface area contributed by atoms with Gasteiger partial charge in [-0.3, -0.25) is 4.79 Å². The molecule has 6 heteroatoms. The Morgan fingerprint density at radius 2 is 1.62 bits per heavy atom. The van der Waals surface area contributed by atoms with E-state index in [2.05, 4.69) is 0 Å². The van der Waals surface area contributed by atoms with Crippen LogP contribution in [0.1, 0.15) is 43.0 Å². The van der Waals surface area contributed by atoms with Gasteiger partial charge >= 0.3 is 6.09 Å². The van der Waals surface area contributed by atoms with E-state index in [0.29, 0.717) is 18.7 Å². The lowest BCUT2D eigenvalue weighted by Crippen LogP contribution is -2.54. The normalized spacial score (nSPS) is 15.3. The van der Waals surface area contributed by atoms with Crippen LogP contribution in [-0.4, -0.2) is 49.7 Å². The van der Waals surface area contributed by atoms with Crippen molar-refractivity contribution in [3.05, 3.63) is 35.4 Å². The number of carbonyl (C=O) groups is 2. The van der Waals surface area contributed by atoms with Crippen LogP contribution in [0, 0.1) is 5.92 Å². The first-order chi connectivity index (χ1) is 11.2. The molecule has 1 aliphatic heterocycles. The Morgan fingerprint density at radius 1 is 1.08 bits per heavy atom. The number of hydrogen-bond acceptors (Lipinski definition) is 5. The van der Waals surface area contributed by atoms with E-state index in [1.54, 1.807) is 31.3 Å². The molecular weight excluding hydrogens is 310 g/mol. The second kappa shape index (κ2) is 7.32. The van der Waals surface area contributed by atoms with Gasteiger partial charge in [-0.05, 0) is 20.8 Å². The number of ether oxygens (including phenoxy) is 3. The molecule has 6 nitrogen and oxygen atoms in total. The van der Waals surface area contributed by atoms with Gasteiger partial charge in [0.25, 0.3) is 0 Å². The summed E-state index contributed by atoms with van der Waals surface area (Å²) in [6.45, 7) is 6.26. The molecule has 132 valence electrons. The molecule has 0 saturated carbocycles. The first kappa shape index (κ1) is 18.4. The monoisotopic (exact) mass is 335 g/mol. The molecule has 0 spiro atoms. The van der Waals surface area contributed by atoms with Gasteiger partial charge in [-0.25, -0.2) is 4.79 Å². The second-order valence-corrected chi connectivity index (χ2v) is 6.87. The molecule has 0 atom stereocenters. The molecule has 0 bridgehead atoms. The minimum atomic E-state index is -0.527. The molecule has 1 fully saturated rings. The molecule has 0 N–H and O–H groups in total. The van der Waals surface area contributed by atoms with Crippen LogP contribution in [0.5, 0.6) is 0 Å². The number of amides is 1. The molecule has 0 unspecified atom stereocenters. The molecule has 1 saturated heterocycles. The summed E-state index contributed by atoms with van der Waals surface area (Å²) in [5.41, 5.74) is 0.945. The van der Waals surface area contributed by atoms with Gasteiger partial charge in [0.05, 0.1) is 5.92 Å². The Kier molecular flexibility index (Phi) is 5.62. The Morgan fingerprint density at radius 3 is 2.08 bits per heavy atom. The molecule has 1 aromatic rings. The predicted octanol–water partition coefficient (Wildman–Crippen LogP) is 3.03. The van der Waals surface area contributed by atoms with Crippen molar-refractivity contribution in [1.29, 1.82) is 0 Å². The van der Waals surface area contributed by atoms with Gasteiger partial charge in [0.2, 0.25) is 0 Å². The Labute approximate surface area is 142 Å². The zero-order valence-electron chi connectivity index (χ0n) is 14.9. The molecule has 0 aromatic heterocycles. The maximum atomic E-state index is 12.5. The van der Waals surface area contributed by atoms with Gasteiger partial charge in [-0.15, -0.1) is 0 Å². The van der Waals surface area contributed by atoms with Gasteiger partial charge in [0.15, 0.2) is 12.1 Å². The molecule has 0 aliphatic carbocycles. The molecule has 1 aliphatic rings. The van der Waals surface area contributed by atoms with Crippen molar-refractivity contribution in [3.63, 3.8) is 0 Å². The quantitative estimate of drug-likeness (QED) is 0.611. The van der Waals surface area contributed by atoms with Crippen LogP contribution in [0.15, 0.2) is 24.3 Å². The van der Waals surface area contributed by atoms with Crippen LogP contribution >= 0.6 is 0 Å². The van der Waals surface area contributed by atoms with Crippen LogP contribution in [-0.2, 0) is 14.2 Å². The van der Waals surface area contributed by atoms with E-state index in [1.165, 1.54) is 0 Å². The molecule has 24 heavy (non-hydrogen) atoms. The second-order valence-electron chi connectivity index (χ2n) is 6.87. The maximum absolute atomic E-state index is 12.5. The van der Waals surface area contributed by atoms with Crippen LogP contribution < -0.4 is 0 Å². The first-order valence-electron chi connectivity index (χ1n) is 7.93. The summed E-state index contributed by atoms with van der Waals surface area (Å²) in [4.78, 5) is 25.9. The van der Waals surface area contributed by atoms with Crippen LogP contribution in [0.4, 0.5) is 4.79 Å². The third-order valence-electron chi connectivity index (χ3n) is 3.80. The molecular formula is C18H25NO5. The van der Waals surface area contributed by atoms with Crippen molar-refractivity contribution in [1.82, 2.24) is 4.90 Å². The molecule has 1 amide bonds. The van der Waals surface area contributed by atoms with Crippen molar-refractivity contribution in [2.75, 3.05) is 27.3 Å². The largest absolute Gasteiger partial charge is 0.444 e. The minimum Gasteiger partial charge on any atom is -0.444 e. The summed E-state index contributed by atoms with van der Waals surface area (Å²) in [6, 6.07) is 7.15. The van der Waals surface area contributed by atoms with E-state index < -0.39 is 11.9 Å². The van der Waals surface area contributed by atoms with Gasteiger partial charge in [-0.1, -0.05) is 24.3 Å². The SMILES string of the molecule is COC(OC)c1ccc(C(=O)C2CN(C(=O)OC(C)(C)C)C2)cc1. The van der Waals surface area contributed by atoms with Gasteiger partial charge in [-0.2, -0.15) is 0 Å². The van der Waals surface area contributed by atoms with Crippen molar-refractivity contribution in [2.24, 2.45) is 5.92 Å². The fourth-order valence-corrected chi connectivity index (χ4v) is 2.53. The van der Waals surface area contributed by atoms with E-state index >= 15 is 0 Å². The molecule has 2 rings (SSSR count). The van der Waals surface area contributed by atoms with Crippen molar-refractivity contribution in [3.8, 4) is 0 Å². The predicted molar refractivity (Wildman–Crippen MR) is 88.8 cm³/mol. The highest BCUT2D eigenvalue weighted by atomic mass is 16.7. The Bertz CT molecular complexity index is 580. The first-order valence-corrected chi connectivity index (χ1v) is 7.93. The molecule has 1 heterocycles. The van der Waals surface area contributed by atoms with Gasteiger partial charge in [0.1, 0.15) is 5.60 Å². The number of Topliss-reactive ketones (excluding diaryl/α,β-unsaturated/α-hetero) is 1.